The molecular weight excluding hydrogens is 260 g/mol. The van der Waals surface area contributed by atoms with Crippen molar-refractivity contribution in [3.05, 3.63) is 58.9 Å². The molecule has 1 aromatic heterocycles. The van der Waals surface area contributed by atoms with Crippen molar-refractivity contribution in [1.82, 2.24) is 10.3 Å². The topological polar surface area (TPSA) is 34.1 Å². The fraction of sp³-hybridized carbons (Fsp3) is 0.389. The molecule has 2 aromatic rings. The van der Waals surface area contributed by atoms with E-state index in [4.69, 9.17) is 4.74 Å². The number of rotatable bonds is 7. The summed E-state index contributed by atoms with van der Waals surface area (Å²) in [6, 6.07) is 12.3. The van der Waals surface area contributed by atoms with Gasteiger partial charge >= 0.3 is 0 Å². The van der Waals surface area contributed by atoms with Crippen LogP contribution in [0.2, 0.25) is 0 Å². The number of nitrogens with one attached hydrogen (secondary N) is 1. The van der Waals surface area contributed by atoms with Gasteiger partial charge in [-0.3, -0.25) is 4.98 Å². The smallest absolute Gasteiger partial charge is 0.130 e. The van der Waals surface area contributed by atoms with Gasteiger partial charge in [0.15, 0.2) is 0 Å². The SMILES string of the molecule is CCCNCc1cccc(C)c1OCc1cccc(C)n1. The standard InChI is InChI=1S/C18H24N2O/c1-4-11-19-12-16-9-5-7-14(2)18(16)21-13-17-10-6-8-15(3)20-17/h5-10,19H,4,11-13H2,1-3H3. The van der Waals surface area contributed by atoms with Gasteiger partial charge in [0, 0.05) is 17.8 Å². The van der Waals surface area contributed by atoms with E-state index in [1.807, 2.05) is 25.1 Å². The second kappa shape index (κ2) is 7.79. The number of nitrogens with zero attached hydrogens (tertiary/aromatic N) is 1. The first kappa shape index (κ1) is 15.5. The minimum absolute atomic E-state index is 0.507. The van der Waals surface area contributed by atoms with Crippen molar-refractivity contribution in [3.63, 3.8) is 0 Å². The van der Waals surface area contributed by atoms with E-state index in [-0.39, 0.29) is 0 Å². The van der Waals surface area contributed by atoms with Crippen molar-refractivity contribution in [2.45, 2.75) is 40.3 Å². The maximum atomic E-state index is 6.04. The van der Waals surface area contributed by atoms with Crippen LogP contribution in [0.3, 0.4) is 0 Å². The number of ether oxygens (including phenoxy) is 1. The van der Waals surface area contributed by atoms with Crippen LogP contribution in [0.25, 0.3) is 0 Å². The molecule has 2 rings (SSSR count). The van der Waals surface area contributed by atoms with Gasteiger partial charge in [-0.25, -0.2) is 0 Å². The fourth-order valence-corrected chi connectivity index (χ4v) is 2.28. The number of hydrogen-bond donors (Lipinski definition) is 1. The van der Waals surface area contributed by atoms with Gasteiger partial charge in [-0.1, -0.05) is 31.2 Å². The first-order chi connectivity index (χ1) is 10.2. The summed E-state index contributed by atoms with van der Waals surface area (Å²) in [4.78, 5) is 4.48. The molecule has 0 radical (unpaired) electrons. The highest BCUT2D eigenvalue weighted by atomic mass is 16.5. The van der Waals surface area contributed by atoms with Gasteiger partial charge in [0.25, 0.3) is 0 Å². The fourth-order valence-electron chi connectivity index (χ4n) is 2.28. The van der Waals surface area contributed by atoms with E-state index in [1.165, 1.54) is 11.1 Å². The highest BCUT2D eigenvalue weighted by Gasteiger charge is 2.07. The summed E-state index contributed by atoms with van der Waals surface area (Å²) in [5, 5.41) is 3.43. The Kier molecular flexibility index (Phi) is 5.76. The van der Waals surface area contributed by atoms with Gasteiger partial charge in [0.2, 0.25) is 0 Å². The largest absolute Gasteiger partial charge is 0.487 e. The summed E-state index contributed by atoms with van der Waals surface area (Å²) in [6.07, 6.45) is 1.13. The number of hydrogen-bond acceptors (Lipinski definition) is 3. The molecule has 0 unspecified atom stereocenters. The van der Waals surface area contributed by atoms with Crippen LogP contribution in [0.15, 0.2) is 36.4 Å². The number of para-hydroxylation sites is 1. The monoisotopic (exact) mass is 284 g/mol. The summed E-state index contributed by atoms with van der Waals surface area (Å²) < 4.78 is 6.04. The molecule has 0 saturated heterocycles. The average Bonchev–Trinajstić information content (AvgIpc) is 2.47. The Morgan fingerprint density at radius 1 is 1.10 bits per heavy atom. The highest BCUT2D eigenvalue weighted by Crippen LogP contribution is 2.24. The summed E-state index contributed by atoms with van der Waals surface area (Å²) in [6.45, 7) is 8.62. The second-order valence-electron chi connectivity index (χ2n) is 5.30. The van der Waals surface area contributed by atoms with E-state index in [0.29, 0.717) is 6.61 Å². The molecule has 1 aromatic carbocycles. The van der Waals surface area contributed by atoms with Crippen LogP contribution in [0.4, 0.5) is 0 Å². The van der Waals surface area contributed by atoms with E-state index < -0.39 is 0 Å². The Morgan fingerprint density at radius 2 is 1.90 bits per heavy atom. The third-order valence-electron chi connectivity index (χ3n) is 3.35. The zero-order valence-electron chi connectivity index (χ0n) is 13.1. The summed E-state index contributed by atoms with van der Waals surface area (Å²) >= 11 is 0. The molecule has 3 heteroatoms. The lowest BCUT2D eigenvalue weighted by molar-refractivity contribution is 0.295. The van der Waals surface area contributed by atoms with Crippen LogP contribution in [-0.2, 0) is 13.2 Å². The number of aryl methyl sites for hydroxylation is 2. The van der Waals surface area contributed by atoms with Crippen molar-refractivity contribution in [2.75, 3.05) is 6.54 Å². The lowest BCUT2D eigenvalue weighted by Gasteiger charge is -2.14. The maximum absolute atomic E-state index is 6.04. The Bertz CT molecular complexity index is 581. The zero-order chi connectivity index (χ0) is 15.1. The van der Waals surface area contributed by atoms with Gasteiger partial charge in [-0.05, 0) is 44.5 Å². The third-order valence-corrected chi connectivity index (χ3v) is 3.35. The van der Waals surface area contributed by atoms with Gasteiger partial charge in [0.1, 0.15) is 12.4 Å². The van der Waals surface area contributed by atoms with Crippen LogP contribution in [-0.4, -0.2) is 11.5 Å². The Balaban J connectivity index is 2.07. The molecule has 0 atom stereocenters. The average molecular weight is 284 g/mol. The first-order valence-corrected chi connectivity index (χ1v) is 7.55. The van der Waals surface area contributed by atoms with Crippen molar-refractivity contribution >= 4 is 0 Å². The normalized spacial score (nSPS) is 10.6. The van der Waals surface area contributed by atoms with Crippen molar-refractivity contribution in [1.29, 1.82) is 0 Å². The van der Waals surface area contributed by atoms with Crippen LogP contribution in [0, 0.1) is 13.8 Å². The van der Waals surface area contributed by atoms with E-state index >= 15 is 0 Å². The molecule has 21 heavy (non-hydrogen) atoms. The number of benzene rings is 1. The van der Waals surface area contributed by atoms with E-state index in [0.717, 1.165) is 36.6 Å². The molecule has 0 spiro atoms. The van der Waals surface area contributed by atoms with E-state index in [1.54, 1.807) is 0 Å². The minimum atomic E-state index is 0.507. The molecule has 0 aliphatic carbocycles. The van der Waals surface area contributed by atoms with Gasteiger partial charge in [-0.15, -0.1) is 0 Å². The molecule has 0 bridgehead atoms. The molecule has 0 aliphatic rings. The quantitative estimate of drug-likeness (QED) is 0.786. The molecule has 1 heterocycles. The van der Waals surface area contributed by atoms with Crippen LogP contribution >= 0.6 is 0 Å². The van der Waals surface area contributed by atoms with Gasteiger partial charge < -0.3 is 10.1 Å². The predicted octanol–water partition coefficient (Wildman–Crippen LogP) is 3.78. The third kappa shape index (κ3) is 4.57. The molecule has 0 aliphatic heterocycles. The number of pyridine rings is 1. The molecule has 0 fully saturated rings. The molecule has 1 N–H and O–H groups in total. The molecule has 3 nitrogen and oxygen atoms in total. The predicted molar refractivity (Wildman–Crippen MR) is 86.5 cm³/mol. The van der Waals surface area contributed by atoms with Crippen molar-refractivity contribution < 1.29 is 4.74 Å². The van der Waals surface area contributed by atoms with Crippen molar-refractivity contribution in [3.8, 4) is 5.75 Å². The van der Waals surface area contributed by atoms with Crippen LogP contribution < -0.4 is 10.1 Å². The zero-order valence-corrected chi connectivity index (χ0v) is 13.1. The Labute approximate surface area is 127 Å². The van der Waals surface area contributed by atoms with E-state index in [9.17, 15) is 0 Å². The highest BCUT2D eigenvalue weighted by molar-refractivity contribution is 5.40. The Hall–Kier alpha value is -1.87. The first-order valence-electron chi connectivity index (χ1n) is 7.55. The lowest BCUT2D eigenvalue weighted by Crippen LogP contribution is -2.15. The van der Waals surface area contributed by atoms with Gasteiger partial charge in [-0.2, -0.15) is 0 Å². The lowest BCUT2D eigenvalue weighted by atomic mass is 10.1. The van der Waals surface area contributed by atoms with Crippen LogP contribution in [0.1, 0.15) is 35.9 Å². The number of aromatic nitrogens is 1. The summed E-state index contributed by atoms with van der Waals surface area (Å²) in [5.74, 6) is 0.976. The van der Waals surface area contributed by atoms with E-state index in [2.05, 4.69) is 42.3 Å². The molecule has 0 amide bonds. The minimum Gasteiger partial charge on any atom is -0.487 e. The summed E-state index contributed by atoms with van der Waals surface area (Å²) in [5.41, 5.74) is 4.35. The molecule has 0 saturated carbocycles. The Morgan fingerprint density at radius 3 is 2.67 bits per heavy atom. The van der Waals surface area contributed by atoms with Gasteiger partial charge in [0.05, 0.1) is 5.69 Å². The molecular formula is C18H24N2O. The second-order valence-corrected chi connectivity index (χ2v) is 5.30. The van der Waals surface area contributed by atoms with Crippen LogP contribution in [0.5, 0.6) is 5.75 Å². The molecule has 112 valence electrons. The van der Waals surface area contributed by atoms with Crippen molar-refractivity contribution in [2.24, 2.45) is 0 Å². The maximum Gasteiger partial charge on any atom is 0.130 e. The summed E-state index contributed by atoms with van der Waals surface area (Å²) in [7, 11) is 0.